The molecular formula is C20H29IN4O3. The van der Waals surface area contributed by atoms with Crippen LogP contribution in [-0.4, -0.2) is 37.1 Å². The van der Waals surface area contributed by atoms with Crippen LogP contribution in [0.1, 0.15) is 41.3 Å². The fourth-order valence-electron chi connectivity index (χ4n) is 2.48. The molecule has 0 fully saturated rings. The van der Waals surface area contributed by atoms with Crippen molar-refractivity contribution in [3.63, 3.8) is 0 Å². The lowest BCUT2D eigenvalue weighted by Crippen LogP contribution is -2.44. The topological polar surface area (TPSA) is 98.9 Å². The first-order chi connectivity index (χ1) is 12.9. The number of aliphatic hydroxyl groups is 1. The first kappa shape index (κ1) is 24.0. The lowest BCUT2D eigenvalue weighted by atomic mass is 10.0. The summed E-state index contributed by atoms with van der Waals surface area (Å²) in [6, 6.07) is 10.9. The van der Waals surface area contributed by atoms with Gasteiger partial charge >= 0.3 is 0 Å². The number of carbonyl (C=O) groups excluding carboxylic acids is 1. The van der Waals surface area contributed by atoms with Crippen LogP contribution in [0.25, 0.3) is 0 Å². The number of nitrogens with zero attached hydrogens (tertiary/aromatic N) is 1. The number of hydrogen-bond donors (Lipinski definition) is 4. The molecule has 0 aliphatic rings. The minimum atomic E-state index is -1.15. The third-order valence-corrected chi connectivity index (χ3v) is 4.08. The molecule has 1 heterocycles. The number of aryl methyl sites for hydroxylation is 1. The molecule has 1 aromatic carbocycles. The summed E-state index contributed by atoms with van der Waals surface area (Å²) >= 11 is 0. The first-order valence-electron chi connectivity index (χ1n) is 8.98. The highest BCUT2D eigenvalue weighted by Crippen LogP contribution is 2.21. The van der Waals surface area contributed by atoms with Gasteiger partial charge in [0.2, 0.25) is 0 Å². The Hall–Kier alpha value is -2.07. The Morgan fingerprint density at radius 3 is 2.39 bits per heavy atom. The van der Waals surface area contributed by atoms with E-state index in [9.17, 15) is 9.90 Å². The molecule has 2 aromatic rings. The standard InChI is InChI=1S/C20H28N4O3.HI/c1-5-22-19(24-13-20(3,26)17-11-6-14(2)27-17)23-12-15-7-9-16(10-8-15)18(25)21-4;/h6-11,26H,5,12-13H2,1-4H3,(H,21,25)(H2,22,23,24);1H. The Labute approximate surface area is 183 Å². The molecule has 0 aliphatic carbocycles. The maximum atomic E-state index is 11.6. The van der Waals surface area contributed by atoms with Gasteiger partial charge in [0.15, 0.2) is 5.96 Å². The zero-order valence-electron chi connectivity index (χ0n) is 16.7. The highest BCUT2D eigenvalue weighted by molar-refractivity contribution is 14.0. The van der Waals surface area contributed by atoms with Crippen molar-refractivity contribution in [1.82, 2.24) is 16.0 Å². The van der Waals surface area contributed by atoms with Gasteiger partial charge in [0, 0.05) is 19.2 Å². The van der Waals surface area contributed by atoms with Gasteiger partial charge in [-0.25, -0.2) is 4.99 Å². The SMILES string of the molecule is CCNC(=NCc1ccc(C(=O)NC)cc1)NCC(C)(O)c1ccc(C)o1.I. The number of benzene rings is 1. The van der Waals surface area contributed by atoms with Gasteiger partial charge in [0.25, 0.3) is 5.91 Å². The summed E-state index contributed by atoms with van der Waals surface area (Å²) in [5.74, 6) is 1.74. The molecule has 0 saturated carbocycles. The largest absolute Gasteiger partial charge is 0.463 e. The van der Waals surface area contributed by atoms with E-state index >= 15 is 0 Å². The fourth-order valence-corrected chi connectivity index (χ4v) is 2.48. The van der Waals surface area contributed by atoms with Gasteiger partial charge in [-0.3, -0.25) is 4.79 Å². The lowest BCUT2D eigenvalue weighted by molar-refractivity contribution is 0.0378. The molecule has 1 atom stereocenters. The van der Waals surface area contributed by atoms with E-state index in [2.05, 4.69) is 20.9 Å². The Bertz CT molecular complexity index is 785. The van der Waals surface area contributed by atoms with Gasteiger partial charge in [-0.15, -0.1) is 24.0 Å². The van der Waals surface area contributed by atoms with Crippen molar-refractivity contribution in [2.24, 2.45) is 4.99 Å². The molecule has 28 heavy (non-hydrogen) atoms. The van der Waals surface area contributed by atoms with Crippen LogP contribution >= 0.6 is 24.0 Å². The Morgan fingerprint density at radius 1 is 1.18 bits per heavy atom. The summed E-state index contributed by atoms with van der Waals surface area (Å²) in [5.41, 5.74) is 0.438. The zero-order chi connectivity index (χ0) is 19.9. The summed E-state index contributed by atoms with van der Waals surface area (Å²) in [5, 5.41) is 19.5. The molecule has 7 nitrogen and oxygen atoms in total. The predicted molar refractivity (Wildman–Crippen MR) is 121 cm³/mol. The molecule has 1 amide bonds. The summed E-state index contributed by atoms with van der Waals surface area (Å²) in [6.07, 6.45) is 0. The highest BCUT2D eigenvalue weighted by atomic mass is 127. The second kappa shape index (κ2) is 11.1. The Balaban J connectivity index is 0.00000392. The maximum Gasteiger partial charge on any atom is 0.251 e. The van der Waals surface area contributed by atoms with E-state index in [1.54, 1.807) is 32.2 Å². The van der Waals surface area contributed by atoms with Crippen molar-refractivity contribution in [2.45, 2.75) is 32.9 Å². The molecule has 8 heteroatoms. The average Bonchev–Trinajstić information content (AvgIpc) is 3.11. The number of halogens is 1. The Kier molecular flexibility index (Phi) is 9.47. The van der Waals surface area contributed by atoms with Gasteiger partial charge in [0.1, 0.15) is 17.1 Å². The number of hydrogen-bond acceptors (Lipinski definition) is 4. The van der Waals surface area contributed by atoms with Gasteiger partial charge in [-0.05, 0) is 50.6 Å². The van der Waals surface area contributed by atoms with Crippen LogP contribution in [0.3, 0.4) is 0 Å². The highest BCUT2D eigenvalue weighted by Gasteiger charge is 2.27. The van der Waals surface area contributed by atoms with E-state index in [0.29, 0.717) is 30.4 Å². The molecule has 1 aromatic heterocycles. The van der Waals surface area contributed by atoms with E-state index in [-0.39, 0.29) is 36.4 Å². The van der Waals surface area contributed by atoms with Crippen LogP contribution in [0.15, 0.2) is 45.8 Å². The van der Waals surface area contributed by atoms with Crippen LogP contribution < -0.4 is 16.0 Å². The summed E-state index contributed by atoms with van der Waals surface area (Å²) in [7, 11) is 1.61. The molecule has 0 aliphatic heterocycles. The number of amides is 1. The van der Waals surface area contributed by atoms with Gasteiger partial charge in [-0.1, -0.05) is 12.1 Å². The van der Waals surface area contributed by atoms with Crippen LogP contribution in [0.5, 0.6) is 0 Å². The minimum Gasteiger partial charge on any atom is -0.463 e. The van der Waals surface area contributed by atoms with E-state index < -0.39 is 5.60 Å². The van der Waals surface area contributed by atoms with Crippen molar-refractivity contribution in [3.05, 3.63) is 59.0 Å². The number of furan rings is 1. The number of carbonyl (C=O) groups is 1. The zero-order valence-corrected chi connectivity index (χ0v) is 19.0. The van der Waals surface area contributed by atoms with Crippen LogP contribution in [0, 0.1) is 6.92 Å². The fraction of sp³-hybridized carbons (Fsp3) is 0.400. The van der Waals surface area contributed by atoms with E-state index in [1.165, 1.54) is 0 Å². The van der Waals surface area contributed by atoms with E-state index in [1.807, 2.05) is 32.0 Å². The molecule has 154 valence electrons. The second-order valence-corrected chi connectivity index (χ2v) is 6.51. The van der Waals surface area contributed by atoms with Gasteiger partial charge in [-0.2, -0.15) is 0 Å². The van der Waals surface area contributed by atoms with Crippen molar-refractivity contribution in [1.29, 1.82) is 0 Å². The number of nitrogens with one attached hydrogen (secondary N) is 3. The molecule has 1 unspecified atom stereocenters. The smallest absolute Gasteiger partial charge is 0.251 e. The monoisotopic (exact) mass is 500 g/mol. The summed E-state index contributed by atoms with van der Waals surface area (Å²) in [6.45, 7) is 6.91. The molecule has 2 rings (SSSR count). The summed E-state index contributed by atoms with van der Waals surface area (Å²) in [4.78, 5) is 16.1. The Morgan fingerprint density at radius 2 is 1.86 bits per heavy atom. The average molecular weight is 500 g/mol. The molecular weight excluding hydrogens is 471 g/mol. The van der Waals surface area contributed by atoms with Crippen LogP contribution in [-0.2, 0) is 12.1 Å². The van der Waals surface area contributed by atoms with Crippen molar-refractivity contribution in [2.75, 3.05) is 20.1 Å². The molecule has 0 radical (unpaired) electrons. The molecule has 0 spiro atoms. The van der Waals surface area contributed by atoms with Crippen molar-refractivity contribution >= 4 is 35.8 Å². The molecule has 0 saturated heterocycles. The number of guanidine groups is 1. The molecule has 0 bridgehead atoms. The van der Waals surface area contributed by atoms with Gasteiger partial charge in [0.05, 0.1) is 13.1 Å². The van der Waals surface area contributed by atoms with Gasteiger partial charge < -0.3 is 25.5 Å². The number of rotatable bonds is 7. The van der Waals surface area contributed by atoms with Crippen molar-refractivity contribution in [3.8, 4) is 0 Å². The normalized spacial score (nSPS) is 13.2. The van der Waals surface area contributed by atoms with Crippen LogP contribution in [0.2, 0.25) is 0 Å². The van der Waals surface area contributed by atoms with E-state index in [0.717, 1.165) is 11.3 Å². The molecule has 4 N–H and O–H groups in total. The second-order valence-electron chi connectivity index (χ2n) is 6.51. The van der Waals surface area contributed by atoms with Crippen molar-refractivity contribution < 1.29 is 14.3 Å². The third-order valence-electron chi connectivity index (χ3n) is 4.08. The lowest BCUT2D eigenvalue weighted by Gasteiger charge is -2.22. The predicted octanol–water partition coefficient (Wildman–Crippen LogP) is 2.53. The summed E-state index contributed by atoms with van der Waals surface area (Å²) < 4.78 is 5.53. The third kappa shape index (κ3) is 6.83. The minimum absolute atomic E-state index is 0. The maximum absolute atomic E-state index is 11.6. The number of aliphatic imine (C=N–C) groups is 1. The first-order valence-corrected chi connectivity index (χ1v) is 8.98. The quantitative estimate of drug-likeness (QED) is 0.266. The van der Waals surface area contributed by atoms with Crippen LogP contribution in [0.4, 0.5) is 0 Å². The van der Waals surface area contributed by atoms with E-state index in [4.69, 9.17) is 4.42 Å².